The second-order valence-electron chi connectivity index (χ2n) is 11.3. The Morgan fingerprint density at radius 3 is 1.58 bits per heavy atom. The lowest BCUT2D eigenvalue weighted by atomic mass is 10.0. The monoisotopic (exact) mass is 524 g/mol. The van der Waals surface area contributed by atoms with Crippen molar-refractivity contribution in [3.8, 4) is 17.2 Å². The van der Waals surface area contributed by atoms with Crippen molar-refractivity contribution in [2.24, 2.45) is 0 Å². The van der Waals surface area contributed by atoms with Gasteiger partial charge in [-0.2, -0.15) is 0 Å². The Balaban J connectivity index is 1.74. The Kier molecular flexibility index (Phi) is 8.07. The Bertz CT molecular complexity index is 1310. The zero-order chi connectivity index (χ0) is 27.3. The van der Waals surface area contributed by atoms with Crippen LogP contribution in [0, 0.1) is 0 Å². The van der Waals surface area contributed by atoms with E-state index in [0.29, 0.717) is 22.6 Å². The lowest BCUT2D eigenvalue weighted by Gasteiger charge is -2.24. The van der Waals surface area contributed by atoms with Gasteiger partial charge in [-0.3, -0.25) is 4.79 Å². The van der Waals surface area contributed by atoms with Gasteiger partial charge in [-0.15, -0.1) is 0 Å². The molecule has 0 fully saturated rings. The van der Waals surface area contributed by atoms with E-state index in [4.69, 9.17) is 13.9 Å². The molecule has 0 aliphatic rings. The summed E-state index contributed by atoms with van der Waals surface area (Å²) in [6, 6.07) is 33.2. The SMILES string of the molecule is CC(C)(C)Oc1ccc(C(=O)c2ccc(OC(C)(C)C)cc2O[SiH](c2ccccc2)c2ccccc2)cc1. The molecule has 0 saturated carbocycles. The van der Waals surface area contributed by atoms with Crippen molar-refractivity contribution in [2.45, 2.75) is 52.7 Å². The minimum absolute atomic E-state index is 0.113. The van der Waals surface area contributed by atoms with Crippen molar-refractivity contribution in [1.29, 1.82) is 0 Å². The lowest BCUT2D eigenvalue weighted by molar-refractivity contribution is 0.103. The van der Waals surface area contributed by atoms with Gasteiger partial charge in [-0.05, 0) is 88.3 Å². The highest BCUT2D eigenvalue weighted by Crippen LogP contribution is 2.30. The third kappa shape index (κ3) is 7.36. The first-order valence-corrected chi connectivity index (χ1v) is 14.5. The Morgan fingerprint density at radius 2 is 1.08 bits per heavy atom. The molecule has 196 valence electrons. The maximum absolute atomic E-state index is 13.8. The highest BCUT2D eigenvalue weighted by molar-refractivity contribution is 6.80. The second-order valence-corrected chi connectivity index (χ2v) is 13.6. The predicted octanol–water partition coefficient (Wildman–Crippen LogP) is 6.19. The number of carbonyl (C=O) groups is 1. The summed E-state index contributed by atoms with van der Waals surface area (Å²) in [5, 5.41) is 2.26. The predicted molar refractivity (Wildman–Crippen MR) is 157 cm³/mol. The molecule has 4 nitrogen and oxygen atoms in total. The van der Waals surface area contributed by atoms with Gasteiger partial charge in [0.2, 0.25) is 0 Å². The zero-order valence-electron chi connectivity index (χ0n) is 23.0. The van der Waals surface area contributed by atoms with E-state index in [2.05, 4.69) is 24.3 Å². The van der Waals surface area contributed by atoms with E-state index < -0.39 is 9.04 Å². The average Bonchev–Trinajstić information content (AvgIpc) is 2.87. The van der Waals surface area contributed by atoms with Gasteiger partial charge in [-0.1, -0.05) is 60.7 Å². The van der Waals surface area contributed by atoms with Crippen molar-refractivity contribution in [3.63, 3.8) is 0 Å². The van der Waals surface area contributed by atoms with Crippen LogP contribution in [0.1, 0.15) is 57.5 Å². The lowest BCUT2D eigenvalue weighted by Crippen LogP contribution is -2.47. The van der Waals surface area contributed by atoms with Gasteiger partial charge >= 0.3 is 0 Å². The minimum Gasteiger partial charge on any atom is -0.537 e. The molecule has 0 aliphatic heterocycles. The topological polar surface area (TPSA) is 44.8 Å². The van der Waals surface area contributed by atoms with Crippen molar-refractivity contribution in [2.75, 3.05) is 0 Å². The standard InChI is InChI=1S/C33H36O4Si/c1-32(2,3)35-25-19-17-24(18-20-25)31(34)29-22-21-26(36-33(4,5)6)23-30(29)37-38(27-13-9-7-10-14-27)28-15-11-8-12-16-28/h7-23,38H,1-6H3. The van der Waals surface area contributed by atoms with Crippen LogP contribution in [0.25, 0.3) is 0 Å². The largest absolute Gasteiger partial charge is 0.537 e. The molecule has 0 aliphatic carbocycles. The fourth-order valence-corrected chi connectivity index (χ4v) is 6.35. The molecule has 0 bridgehead atoms. The summed E-state index contributed by atoms with van der Waals surface area (Å²) in [5.41, 5.74) is 0.365. The quantitative estimate of drug-likeness (QED) is 0.204. The highest BCUT2D eigenvalue weighted by atomic mass is 28.3. The number of benzene rings is 4. The van der Waals surface area contributed by atoms with E-state index in [9.17, 15) is 4.79 Å². The van der Waals surface area contributed by atoms with Crippen LogP contribution >= 0.6 is 0 Å². The van der Waals surface area contributed by atoms with Crippen LogP contribution in [-0.4, -0.2) is 26.0 Å². The van der Waals surface area contributed by atoms with Gasteiger partial charge in [0, 0.05) is 11.6 Å². The maximum atomic E-state index is 13.8. The van der Waals surface area contributed by atoms with Crippen molar-refractivity contribution >= 4 is 25.2 Å². The van der Waals surface area contributed by atoms with Gasteiger partial charge in [0.05, 0.1) is 5.56 Å². The number of ether oxygens (including phenoxy) is 2. The third-order valence-corrected chi connectivity index (χ3v) is 8.08. The van der Waals surface area contributed by atoms with Gasteiger partial charge in [0.1, 0.15) is 28.5 Å². The summed E-state index contributed by atoms with van der Waals surface area (Å²) in [7, 11) is -2.17. The smallest absolute Gasteiger partial charge is 0.299 e. The molecule has 0 N–H and O–H groups in total. The summed E-state index contributed by atoms with van der Waals surface area (Å²) in [5.74, 6) is 1.79. The number of carbonyl (C=O) groups excluding carboxylic acids is 1. The Hall–Kier alpha value is -3.83. The van der Waals surface area contributed by atoms with Crippen LogP contribution in [0.2, 0.25) is 0 Å². The van der Waals surface area contributed by atoms with Gasteiger partial charge in [0.25, 0.3) is 9.04 Å². The van der Waals surface area contributed by atoms with E-state index >= 15 is 0 Å². The minimum atomic E-state index is -2.17. The molecule has 0 saturated heterocycles. The van der Waals surface area contributed by atoms with Gasteiger partial charge in [-0.25, -0.2) is 0 Å². The first-order valence-electron chi connectivity index (χ1n) is 12.9. The molecular formula is C33H36O4Si. The number of hydrogen-bond donors (Lipinski definition) is 0. The van der Waals surface area contributed by atoms with E-state index in [1.807, 2.05) is 102 Å². The molecule has 4 aromatic rings. The summed E-state index contributed by atoms with van der Waals surface area (Å²) >= 11 is 0. The molecule has 0 amide bonds. The third-order valence-electron chi connectivity index (χ3n) is 5.61. The zero-order valence-corrected chi connectivity index (χ0v) is 24.2. The van der Waals surface area contributed by atoms with Crippen molar-refractivity contribution in [1.82, 2.24) is 0 Å². The number of rotatable bonds is 8. The van der Waals surface area contributed by atoms with E-state index in [1.165, 1.54) is 0 Å². The van der Waals surface area contributed by atoms with E-state index in [1.54, 1.807) is 18.2 Å². The van der Waals surface area contributed by atoms with Gasteiger partial charge < -0.3 is 13.9 Å². The van der Waals surface area contributed by atoms with Crippen LogP contribution in [0.3, 0.4) is 0 Å². The summed E-state index contributed by atoms with van der Waals surface area (Å²) < 4.78 is 18.9. The highest BCUT2D eigenvalue weighted by Gasteiger charge is 2.24. The molecular weight excluding hydrogens is 488 g/mol. The normalized spacial score (nSPS) is 11.8. The van der Waals surface area contributed by atoms with Crippen LogP contribution in [0.5, 0.6) is 17.2 Å². The molecule has 0 heterocycles. The van der Waals surface area contributed by atoms with E-state index in [-0.39, 0.29) is 17.0 Å². The first kappa shape index (κ1) is 27.2. The first-order chi connectivity index (χ1) is 18.0. The van der Waals surface area contributed by atoms with Crippen LogP contribution in [0.4, 0.5) is 0 Å². The molecule has 0 spiro atoms. The second kappa shape index (κ2) is 11.3. The fraction of sp³-hybridized carbons (Fsp3) is 0.242. The molecule has 0 radical (unpaired) electrons. The number of hydrogen-bond acceptors (Lipinski definition) is 4. The fourth-order valence-electron chi connectivity index (χ4n) is 4.10. The summed E-state index contributed by atoms with van der Waals surface area (Å²) in [6.45, 7) is 12.0. The molecule has 0 atom stereocenters. The van der Waals surface area contributed by atoms with E-state index in [0.717, 1.165) is 16.1 Å². The molecule has 4 aromatic carbocycles. The molecule has 4 rings (SSSR count). The molecule has 5 heteroatoms. The van der Waals surface area contributed by atoms with Crippen molar-refractivity contribution < 1.29 is 18.7 Å². The molecule has 0 unspecified atom stereocenters. The van der Waals surface area contributed by atoms with Crippen LogP contribution < -0.4 is 24.3 Å². The van der Waals surface area contributed by atoms with Crippen LogP contribution in [-0.2, 0) is 0 Å². The Morgan fingerprint density at radius 1 is 0.605 bits per heavy atom. The van der Waals surface area contributed by atoms with Crippen molar-refractivity contribution in [3.05, 3.63) is 114 Å². The molecule has 0 aromatic heterocycles. The van der Waals surface area contributed by atoms with Crippen LogP contribution in [0.15, 0.2) is 103 Å². The maximum Gasteiger partial charge on any atom is 0.299 e. The Labute approximate surface area is 227 Å². The summed E-state index contributed by atoms with van der Waals surface area (Å²) in [4.78, 5) is 13.8. The molecule has 38 heavy (non-hydrogen) atoms. The van der Waals surface area contributed by atoms with Gasteiger partial charge in [0.15, 0.2) is 5.78 Å². The average molecular weight is 525 g/mol. The number of ketones is 1. The summed E-state index contributed by atoms with van der Waals surface area (Å²) in [6.07, 6.45) is 0.